The van der Waals surface area contributed by atoms with Crippen LogP contribution in [0.5, 0.6) is 0 Å². The van der Waals surface area contributed by atoms with Crippen LogP contribution < -0.4 is 5.32 Å². The first-order valence-corrected chi connectivity index (χ1v) is 10.9. The second kappa shape index (κ2) is 9.24. The van der Waals surface area contributed by atoms with E-state index in [1.165, 1.54) is 0 Å². The molecule has 33 heavy (non-hydrogen) atoms. The van der Waals surface area contributed by atoms with Gasteiger partial charge in [0.1, 0.15) is 0 Å². The third kappa shape index (κ3) is 4.48. The summed E-state index contributed by atoms with van der Waals surface area (Å²) in [5, 5.41) is 11.9. The standard InChI is InChI=1S/C26H27N5O2/c1-17-23(19(3)30(28-17)16-21-11-7-5-8-12-21)15-27-26(33)25(32)24-18(2)29-31(20(24)4)22-13-9-6-10-14-22/h5-14H,15-16H2,1-4H3,(H,27,33). The lowest BCUT2D eigenvalue weighted by Gasteiger charge is -2.08. The van der Waals surface area contributed by atoms with E-state index in [1.807, 2.05) is 67.1 Å². The molecule has 0 fully saturated rings. The van der Waals surface area contributed by atoms with Gasteiger partial charge < -0.3 is 5.32 Å². The number of para-hydroxylation sites is 1. The van der Waals surface area contributed by atoms with Crippen LogP contribution in [0.2, 0.25) is 0 Å². The van der Waals surface area contributed by atoms with Gasteiger partial charge in [0, 0.05) is 17.8 Å². The van der Waals surface area contributed by atoms with Gasteiger partial charge in [0.05, 0.1) is 34.9 Å². The van der Waals surface area contributed by atoms with Crippen molar-refractivity contribution >= 4 is 11.7 Å². The topological polar surface area (TPSA) is 81.8 Å². The third-order valence-corrected chi connectivity index (χ3v) is 5.86. The second-order valence-electron chi connectivity index (χ2n) is 8.10. The Bertz CT molecular complexity index is 1300. The molecule has 0 saturated heterocycles. The van der Waals surface area contributed by atoms with Gasteiger partial charge in [-0.05, 0) is 45.4 Å². The predicted molar refractivity (Wildman–Crippen MR) is 126 cm³/mol. The van der Waals surface area contributed by atoms with Gasteiger partial charge in [0.25, 0.3) is 11.7 Å². The Kier molecular flexibility index (Phi) is 6.22. The molecule has 2 aromatic carbocycles. The molecule has 0 radical (unpaired) electrons. The Balaban J connectivity index is 1.49. The van der Waals surface area contributed by atoms with Crippen molar-refractivity contribution < 1.29 is 9.59 Å². The maximum absolute atomic E-state index is 13.0. The molecule has 0 saturated carbocycles. The Morgan fingerprint density at radius 2 is 1.45 bits per heavy atom. The summed E-state index contributed by atoms with van der Waals surface area (Å²) in [6, 6.07) is 19.6. The summed E-state index contributed by atoms with van der Waals surface area (Å²) in [4.78, 5) is 25.7. The largest absolute Gasteiger partial charge is 0.345 e. The molecule has 0 unspecified atom stereocenters. The Labute approximate surface area is 193 Å². The molecule has 168 valence electrons. The van der Waals surface area contributed by atoms with Gasteiger partial charge in [0.15, 0.2) is 0 Å². The Hall–Kier alpha value is -4.00. The number of amides is 1. The number of hydrogen-bond donors (Lipinski definition) is 1. The summed E-state index contributed by atoms with van der Waals surface area (Å²) in [5.41, 5.74) is 6.21. The van der Waals surface area contributed by atoms with Gasteiger partial charge in [-0.2, -0.15) is 10.2 Å². The summed E-state index contributed by atoms with van der Waals surface area (Å²) >= 11 is 0. The van der Waals surface area contributed by atoms with Crippen LogP contribution in [-0.4, -0.2) is 31.3 Å². The first-order valence-electron chi connectivity index (χ1n) is 10.9. The number of nitrogens with one attached hydrogen (secondary N) is 1. The second-order valence-corrected chi connectivity index (χ2v) is 8.10. The molecule has 0 aliphatic rings. The third-order valence-electron chi connectivity index (χ3n) is 5.86. The first-order chi connectivity index (χ1) is 15.9. The van der Waals surface area contributed by atoms with E-state index in [1.54, 1.807) is 18.5 Å². The molecule has 1 amide bonds. The summed E-state index contributed by atoms with van der Waals surface area (Å²) in [6.07, 6.45) is 0. The normalized spacial score (nSPS) is 10.9. The van der Waals surface area contributed by atoms with E-state index < -0.39 is 11.7 Å². The SMILES string of the molecule is Cc1nn(Cc2ccccc2)c(C)c1CNC(=O)C(=O)c1c(C)nn(-c2ccccc2)c1C. The number of hydrogen-bond acceptors (Lipinski definition) is 4. The number of Topliss-reactive ketones (excluding diaryl/α,β-unsaturated/α-hetero) is 1. The van der Waals surface area contributed by atoms with Crippen molar-refractivity contribution in [2.75, 3.05) is 0 Å². The smallest absolute Gasteiger partial charge is 0.292 e. The number of rotatable bonds is 7. The van der Waals surface area contributed by atoms with E-state index in [4.69, 9.17) is 0 Å². The van der Waals surface area contributed by atoms with Gasteiger partial charge in [-0.3, -0.25) is 14.3 Å². The van der Waals surface area contributed by atoms with Crippen LogP contribution in [0.3, 0.4) is 0 Å². The Morgan fingerprint density at radius 1 is 0.818 bits per heavy atom. The average molecular weight is 442 g/mol. The highest BCUT2D eigenvalue weighted by molar-refractivity contribution is 6.43. The van der Waals surface area contributed by atoms with Crippen LogP contribution in [0.25, 0.3) is 5.69 Å². The van der Waals surface area contributed by atoms with E-state index >= 15 is 0 Å². The lowest BCUT2D eigenvalue weighted by Crippen LogP contribution is -2.31. The highest BCUT2D eigenvalue weighted by atomic mass is 16.2. The maximum atomic E-state index is 13.0. The van der Waals surface area contributed by atoms with E-state index in [-0.39, 0.29) is 6.54 Å². The molecule has 0 atom stereocenters. The number of aromatic nitrogens is 4. The molecule has 1 N–H and O–H groups in total. The lowest BCUT2D eigenvalue weighted by atomic mass is 10.1. The summed E-state index contributed by atoms with van der Waals surface area (Å²) in [6.45, 7) is 8.32. The molecule has 2 heterocycles. The minimum atomic E-state index is -0.650. The van der Waals surface area contributed by atoms with Gasteiger partial charge in [-0.25, -0.2) is 4.68 Å². The fourth-order valence-corrected chi connectivity index (χ4v) is 4.05. The molecule has 7 heteroatoms. The van der Waals surface area contributed by atoms with Crippen LogP contribution >= 0.6 is 0 Å². The monoisotopic (exact) mass is 441 g/mol. The number of ketones is 1. The quantitative estimate of drug-likeness (QED) is 0.349. The number of benzene rings is 2. The maximum Gasteiger partial charge on any atom is 0.292 e. The van der Waals surface area contributed by atoms with Crippen molar-refractivity contribution in [3.05, 3.63) is 100 Å². The zero-order chi connectivity index (χ0) is 23.5. The van der Waals surface area contributed by atoms with Crippen molar-refractivity contribution in [3.8, 4) is 5.69 Å². The molecule has 0 bridgehead atoms. The fourth-order valence-electron chi connectivity index (χ4n) is 4.05. The zero-order valence-corrected chi connectivity index (χ0v) is 19.3. The van der Waals surface area contributed by atoms with Gasteiger partial charge in [-0.15, -0.1) is 0 Å². The fraction of sp³-hybridized carbons (Fsp3) is 0.231. The molecule has 0 aliphatic heterocycles. The average Bonchev–Trinajstić information content (AvgIpc) is 3.26. The highest BCUT2D eigenvalue weighted by Gasteiger charge is 2.25. The number of carbonyl (C=O) groups excluding carboxylic acids is 2. The molecule has 4 rings (SSSR count). The molecule has 0 aliphatic carbocycles. The van der Waals surface area contributed by atoms with Crippen molar-refractivity contribution in [1.82, 2.24) is 24.9 Å². The van der Waals surface area contributed by atoms with Crippen LogP contribution in [0.4, 0.5) is 0 Å². The van der Waals surface area contributed by atoms with Crippen LogP contribution in [-0.2, 0) is 17.9 Å². The van der Waals surface area contributed by atoms with E-state index in [0.29, 0.717) is 23.5 Å². The molecular formula is C26H27N5O2. The van der Waals surface area contributed by atoms with Crippen molar-refractivity contribution in [2.45, 2.75) is 40.8 Å². The number of nitrogens with zero attached hydrogens (tertiary/aromatic N) is 4. The molecule has 2 aromatic heterocycles. The molecular weight excluding hydrogens is 414 g/mol. The minimum Gasteiger partial charge on any atom is -0.345 e. The zero-order valence-electron chi connectivity index (χ0n) is 19.3. The lowest BCUT2D eigenvalue weighted by molar-refractivity contribution is -0.117. The molecule has 0 spiro atoms. The predicted octanol–water partition coefficient (Wildman–Crippen LogP) is 3.85. The molecule has 4 aromatic rings. The Morgan fingerprint density at radius 3 is 2.12 bits per heavy atom. The van der Waals surface area contributed by atoms with E-state index in [9.17, 15) is 9.59 Å². The highest BCUT2D eigenvalue weighted by Crippen LogP contribution is 2.19. The van der Waals surface area contributed by atoms with Crippen molar-refractivity contribution in [2.24, 2.45) is 0 Å². The summed E-state index contributed by atoms with van der Waals surface area (Å²) in [5.74, 6) is -1.23. The van der Waals surface area contributed by atoms with Crippen molar-refractivity contribution in [1.29, 1.82) is 0 Å². The van der Waals surface area contributed by atoms with E-state index in [0.717, 1.165) is 28.2 Å². The van der Waals surface area contributed by atoms with Gasteiger partial charge in [0.2, 0.25) is 0 Å². The van der Waals surface area contributed by atoms with E-state index in [2.05, 4.69) is 27.6 Å². The van der Waals surface area contributed by atoms with Crippen LogP contribution in [0, 0.1) is 27.7 Å². The van der Waals surface area contributed by atoms with Gasteiger partial charge in [-0.1, -0.05) is 48.5 Å². The molecule has 7 nitrogen and oxygen atoms in total. The number of carbonyl (C=O) groups is 2. The minimum absolute atomic E-state index is 0.238. The summed E-state index contributed by atoms with van der Waals surface area (Å²) in [7, 11) is 0. The van der Waals surface area contributed by atoms with Crippen LogP contribution in [0.1, 0.15) is 44.3 Å². The summed E-state index contributed by atoms with van der Waals surface area (Å²) < 4.78 is 3.62. The number of aryl methyl sites for hydroxylation is 2. The van der Waals surface area contributed by atoms with Crippen molar-refractivity contribution in [3.63, 3.8) is 0 Å². The van der Waals surface area contributed by atoms with Gasteiger partial charge >= 0.3 is 0 Å². The first kappa shape index (κ1) is 22.2. The van der Waals surface area contributed by atoms with Crippen LogP contribution in [0.15, 0.2) is 60.7 Å².